The standard InChI is InChI=1S/C40H33N5/c1-3-12-35-38(43-2)37(42)40(45(35)32-25-21-30(22-26-32)28-15-8-5-9-16-28)39-36(41)33-17-10-11-18-34(33)44(39)31-23-19-29(20-24-31)27-13-6-4-7-14-27/h3-26H,2,41-42H2,1H3/b12-3-. The summed E-state index contributed by atoms with van der Waals surface area (Å²) >= 11 is 0. The highest BCUT2D eigenvalue weighted by Gasteiger charge is 2.28. The van der Waals surface area contributed by atoms with Gasteiger partial charge in [-0.2, -0.15) is 0 Å². The Balaban J connectivity index is 1.49. The Morgan fingerprint density at radius 3 is 1.56 bits per heavy atom. The lowest BCUT2D eigenvalue weighted by molar-refractivity contribution is 1.04. The van der Waals surface area contributed by atoms with Crippen molar-refractivity contribution in [2.24, 2.45) is 4.99 Å². The average Bonchev–Trinajstić information content (AvgIpc) is 3.54. The summed E-state index contributed by atoms with van der Waals surface area (Å²) in [6.45, 7) is 5.88. The van der Waals surface area contributed by atoms with E-state index in [-0.39, 0.29) is 0 Å². The first-order valence-corrected chi connectivity index (χ1v) is 14.9. The highest BCUT2D eigenvalue weighted by Crippen LogP contribution is 2.48. The summed E-state index contributed by atoms with van der Waals surface area (Å²) in [6, 6.07) is 46.0. The molecule has 0 spiro atoms. The maximum atomic E-state index is 7.07. The first kappa shape index (κ1) is 27.7. The Morgan fingerprint density at radius 2 is 1.02 bits per heavy atom. The number of nitrogens with zero attached hydrogens (tertiary/aromatic N) is 3. The van der Waals surface area contributed by atoms with Crippen LogP contribution in [-0.2, 0) is 0 Å². The molecule has 2 heterocycles. The third-order valence-corrected chi connectivity index (χ3v) is 8.30. The Bertz CT molecular complexity index is 2170. The van der Waals surface area contributed by atoms with Gasteiger partial charge < -0.3 is 20.6 Å². The van der Waals surface area contributed by atoms with Gasteiger partial charge in [-0.15, -0.1) is 0 Å². The molecule has 0 aliphatic rings. The molecule has 0 unspecified atom stereocenters. The van der Waals surface area contributed by atoms with Crippen LogP contribution in [0.2, 0.25) is 0 Å². The van der Waals surface area contributed by atoms with Crippen molar-refractivity contribution in [1.82, 2.24) is 9.13 Å². The fraction of sp³-hybridized carbons (Fsp3) is 0.0250. The van der Waals surface area contributed by atoms with Gasteiger partial charge in [-0.1, -0.05) is 109 Å². The second-order valence-corrected chi connectivity index (χ2v) is 10.9. The summed E-state index contributed by atoms with van der Waals surface area (Å²) in [5.41, 5.74) is 25.8. The Labute approximate surface area is 263 Å². The SMILES string of the molecule is C=Nc1c(N)c(-c2c(N)c3ccccc3n2-c2ccc(-c3ccccc3)cc2)n(-c2ccc(-c3ccccc3)cc2)c1/C=C\C. The van der Waals surface area contributed by atoms with Crippen LogP contribution in [0.15, 0.2) is 145 Å². The first-order valence-electron chi connectivity index (χ1n) is 14.9. The van der Waals surface area contributed by atoms with Crippen molar-refractivity contribution in [3.05, 3.63) is 145 Å². The Hall–Kier alpha value is -6.07. The summed E-state index contributed by atoms with van der Waals surface area (Å²) in [4.78, 5) is 4.42. The molecular formula is C40H33N5. The van der Waals surface area contributed by atoms with Crippen molar-refractivity contribution < 1.29 is 0 Å². The minimum Gasteiger partial charge on any atom is -0.396 e. The molecular weight excluding hydrogens is 550 g/mol. The van der Waals surface area contributed by atoms with Crippen molar-refractivity contribution in [3.8, 4) is 45.0 Å². The van der Waals surface area contributed by atoms with Crippen LogP contribution in [0.1, 0.15) is 12.6 Å². The molecule has 0 fully saturated rings. The highest BCUT2D eigenvalue weighted by atomic mass is 15.1. The number of hydrogen-bond acceptors (Lipinski definition) is 3. The van der Waals surface area contributed by atoms with Gasteiger partial charge in [0.2, 0.25) is 0 Å². The highest BCUT2D eigenvalue weighted by molar-refractivity contribution is 6.05. The van der Waals surface area contributed by atoms with Gasteiger partial charge in [0.15, 0.2) is 0 Å². The van der Waals surface area contributed by atoms with Gasteiger partial charge in [0, 0.05) is 16.8 Å². The maximum Gasteiger partial charge on any atom is 0.111 e. The topological polar surface area (TPSA) is 74.3 Å². The summed E-state index contributed by atoms with van der Waals surface area (Å²) in [5.74, 6) is 0. The lowest BCUT2D eigenvalue weighted by Gasteiger charge is -2.17. The molecule has 0 amide bonds. The van der Waals surface area contributed by atoms with E-state index in [0.29, 0.717) is 17.1 Å². The number of para-hydroxylation sites is 1. The Morgan fingerprint density at radius 1 is 0.556 bits per heavy atom. The average molecular weight is 584 g/mol. The second kappa shape index (κ2) is 11.5. The maximum absolute atomic E-state index is 7.07. The third kappa shape index (κ3) is 4.71. The van der Waals surface area contributed by atoms with Gasteiger partial charge in [-0.3, -0.25) is 4.99 Å². The van der Waals surface area contributed by atoms with Gasteiger partial charge in [0.05, 0.1) is 34.0 Å². The molecule has 0 atom stereocenters. The van der Waals surface area contributed by atoms with Crippen LogP contribution in [0.3, 0.4) is 0 Å². The fourth-order valence-corrected chi connectivity index (χ4v) is 6.21. The van der Waals surface area contributed by atoms with Crippen LogP contribution in [0.4, 0.5) is 17.1 Å². The van der Waals surface area contributed by atoms with E-state index in [1.165, 1.54) is 0 Å². The van der Waals surface area contributed by atoms with E-state index in [9.17, 15) is 0 Å². The molecule has 7 rings (SSSR count). The number of fused-ring (bicyclic) bond motifs is 1. The van der Waals surface area contributed by atoms with Crippen LogP contribution in [0.5, 0.6) is 0 Å². The lowest BCUT2D eigenvalue weighted by atomic mass is 10.1. The molecule has 2 aromatic heterocycles. The number of nitrogens with two attached hydrogens (primary N) is 2. The molecule has 45 heavy (non-hydrogen) atoms. The normalized spacial score (nSPS) is 11.4. The van der Waals surface area contributed by atoms with Gasteiger partial charge >= 0.3 is 0 Å². The molecule has 5 heteroatoms. The van der Waals surface area contributed by atoms with Crippen LogP contribution in [0, 0.1) is 0 Å². The van der Waals surface area contributed by atoms with Crippen molar-refractivity contribution in [1.29, 1.82) is 0 Å². The third-order valence-electron chi connectivity index (χ3n) is 8.30. The van der Waals surface area contributed by atoms with E-state index < -0.39 is 0 Å². The number of rotatable bonds is 7. The zero-order valence-electron chi connectivity index (χ0n) is 25.1. The minimum absolute atomic E-state index is 0.516. The van der Waals surface area contributed by atoms with Crippen molar-refractivity contribution in [3.63, 3.8) is 0 Å². The molecule has 0 aliphatic heterocycles. The van der Waals surface area contributed by atoms with E-state index in [1.807, 2.05) is 55.5 Å². The number of anilines is 2. The quantitative estimate of drug-likeness (QED) is 0.183. The molecule has 7 aromatic rings. The first-order chi connectivity index (χ1) is 22.1. The van der Waals surface area contributed by atoms with E-state index in [1.54, 1.807) is 0 Å². The number of aliphatic imine (C=N–C) groups is 1. The molecule has 0 aliphatic carbocycles. The van der Waals surface area contributed by atoms with Gasteiger partial charge in [0.1, 0.15) is 5.69 Å². The van der Waals surface area contributed by atoms with Gasteiger partial charge in [-0.05, 0) is 72.3 Å². The second-order valence-electron chi connectivity index (χ2n) is 10.9. The molecule has 0 bridgehead atoms. The summed E-state index contributed by atoms with van der Waals surface area (Å²) in [6.07, 6.45) is 4.01. The molecule has 5 nitrogen and oxygen atoms in total. The lowest BCUT2D eigenvalue weighted by Crippen LogP contribution is -2.06. The predicted octanol–water partition coefficient (Wildman–Crippen LogP) is 9.95. The largest absolute Gasteiger partial charge is 0.396 e. The molecule has 0 saturated carbocycles. The van der Waals surface area contributed by atoms with Crippen LogP contribution in [-0.4, -0.2) is 15.9 Å². The van der Waals surface area contributed by atoms with Crippen molar-refractivity contribution >= 4 is 40.8 Å². The number of allylic oxidation sites excluding steroid dienone is 1. The van der Waals surface area contributed by atoms with E-state index in [0.717, 1.165) is 61.6 Å². The summed E-state index contributed by atoms with van der Waals surface area (Å²) in [7, 11) is 0. The molecule has 0 radical (unpaired) electrons. The zero-order chi connectivity index (χ0) is 30.9. The molecule has 4 N–H and O–H groups in total. The summed E-state index contributed by atoms with van der Waals surface area (Å²) < 4.78 is 4.35. The number of benzene rings is 5. The van der Waals surface area contributed by atoms with Crippen LogP contribution < -0.4 is 11.5 Å². The summed E-state index contributed by atoms with van der Waals surface area (Å²) in [5, 5.41) is 0.951. The Kier molecular flexibility index (Phi) is 7.12. The number of nitrogen functional groups attached to an aromatic ring is 2. The van der Waals surface area contributed by atoms with E-state index in [4.69, 9.17) is 11.5 Å². The molecule has 0 saturated heterocycles. The minimum atomic E-state index is 0.516. The zero-order valence-corrected chi connectivity index (χ0v) is 25.1. The number of aromatic nitrogens is 2. The van der Waals surface area contributed by atoms with Crippen molar-refractivity contribution in [2.75, 3.05) is 11.5 Å². The smallest absolute Gasteiger partial charge is 0.111 e. The van der Waals surface area contributed by atoms with E-state index in [2.05, 4.69) is 118 Å². The molecule has 218 valence electrons. The van der Waals surface area contributed by atoms with Gasteiger partial charge in [-0.25, -0.2) is 0 Å². The van der Waals surface area contributed by atoms with E-state index >= 15 is 0 Å². The van der Waals surface area contributed by atoms with Crippen LogP contribution >= 0.6 is 0 Å². The monoisotopic (exact) mass is 583 g/mol. The van der Waals surface area contributed by atoms with Gasteiger partial charge in [0.25, 0.3) is 0 Å². The fourth-order valence-electron chi connectivity index (χ4n) is 6.21. The van der Waals surface area contributed by atoms with Crippen LogP contribution in [0.25, 0.3) is 62.0 Å². The number of hydrogen-bond donors (Lipinski definition) is 2. The predicted molar refractivity (Wildman–Crippen MR) is 192 cm³/mol. The molecule has 5 aromatic carbocycles. The van der Waals surface area contributed by atoms with Crippen molar-refractivity contribution in [2.45, 2.75) is 6.92 Å².